The summed E-state index contributed by atoms with van der Waals surface area (Å²) >= 11 is 0. The molecule has 0 spiro atoms. The highest BCUT2D eigenvalue weighted by Gasteiger charge is 2.37. The van der Waals surface area contributed by atoms with Gasteiger partial charge in [0.25, 0.3) is 5.91 Å². The number of nitrogens with one attached hydrogen (secondary N) is 1. The van der Waals surface area contributed by atoms with E-state index in [1.54, 1.807) is 19.2 Å². The van der Waals surface area contributed by atoms with Crippen LogP contribution in [-0.2, 0) is 19.5 Å². The number of amides is 1. The van der Waals surface area contributed by atoms with E-state index in [-0.39, 0.29) is 12.5 Å². The van der Waals surface area contributed by atoms with Crippen molar-refractivity contribution < 1.29 is 27.5 Å². The van der Waals surface area contributed by atoms with E-state index < -0.39 is 21.6 Å². The second kappa shape index (κ2) is 8.15. The second-order valence-corrected chi connectivity index (χ2v) is 8.28. The topological polar surface area (TPSA) is 102 Å². The molecule has 1 N–H and O–H groups in total. The number of hydrogen-bond donors (Lipinski definition) is 1. The van der Waals surface area contributed by atoms with Crippen molar-refractivity contribution in [2.75, 3.05) is 40.1 Å². The molecule has 144 valence electrons. The summed E-state index contributed by atoms with van der Waals surface area (Å²) in [6, 6.07) is 6.15. The van der Waals surface area contributed by atoms with Gasteiger partial charge in [-0.2, -0.15) is 0 Å². The molecule has 0 unspecified atom stereocenters. The molecule has 2 rings (SSSR count). The normalized spacial score (nSPS) is 17.5. The van der Waals surface area contributed by atoms with Crippen LogP contribution in [0.4, 0.5) is 0 Å². The number of benzene rings is 1. The average molecular weight is 384 g/mol. The maximum Gasteiger partial charge on any atom is 0.337 e. The predicted octanol–water partition coefficient (Wildman–Crippen LogP) is 0.644. The van der Waals surface area contributed by atoms with Gasteiger partial charge in [0.2, 0.25) is 10.0 Å². The Hall–Kier alpha value is -1.97. The molecule has 26 heavy (non-hydrogen) atoms. The molecule has 1 amide bonds. The lowest BCUT2D eigenvalue weighted by molar-refractivity contribution is -0.0424. The predicted molar refractivity (Wildman–Crippen MR) is 95.5 cm³/mol. The standard InChI is InChI=1S/C17H24N2O6S/c1-24-16(21)14-6-4-13(5-7-14)15(20)18-12-17(25-2)8-10-19(11-9-17)26(3,22)23/h4-7H,8-12H2,1-3H3,(H,18,20). The lowest BCUT2D eigenvalue weighted by atomic mass is 9.92. The smallest absolute Gasteiger partial charge is 0.337 e. The highest BCUT2D eigenvalue weighted by Crippen LogP contribution is 2.26. The monoisotopic (exact) mass is 384 g/mol. The van der Waals surface area contributed by atoms with E-state index in [4.69, 9.17) is 4.74 Å². The molecule has 1 saturated heterocycles. The number of carbonyl (C=O) groups is 2. The summed E-state index contributed by atoms with van der Waals surface area (Å²) in [7, 11) is -0.362. The van der Waals surface area contributed by atoms with Gasteiger partial charge in [0.1, 0.15) is 0 Å². The van der Waals surface area contributed by atoms with E-state index in [1.165, 1.54) is 29.8 Å². The highest BCUT2D eigenvalue weighted by atomic mass is 32.2. The van der Waals surface area contributed by atoms with Crippen LogP contribution in [-0.4, -0.2) is 70.3 Å². The summed E-state index contributed by atoms with van der Waals surface area (Å²) in [5.74, 6) is -0.753. The molecule has 8 nitrogen and oxygen atoms in total. The number of nitrogens with zero attached hydrogens (tertiary/aromatic N) is 1. The van der Waals surface area contributed by atoms with Crippen molar-refractivity contribution in [3.8, 4) is 0 Å². The molecule has 1 aromatic carbocycles. The number of ether oxygens (including phenoxy) is 2. The van der Waals surface area contributed by atoms with Crippen molar-refractivity contribution in [1.29, 1.82) is 0 Å². The van der Waals surface area contributed by atoms with Gasteiger partial charge in [0.05, 0.1) is 24.5 Å². The highest BCUT2D eigenvalue weighted by molar-refractivity contribution is 7.88. The molecule has 1 aromatic rings. The first-order valence-electron chi connectivity index (χ1n) is 8.18. The molecule has 1 fully saturated rings. The van der Waals surface area contributed by atoms with Crippen molar-refractivity contribution in [1.82, 2.24) is 9.62 Å². The maximum absolute atomic E-state index is 12.3. The Morgan fingerprint density at radius 1 is 1.12 bits per heavy atom. The zero-order valence-corrected chi connectivity index (χ0v) is 16.0. The first kappa shape index (κ1) is 20.3. The molecule has 0 radical (unpaired) electrons. The van der Waals surface area contributed by atoms with Crippen LogP contribution >= 0.6 is 0 Å². The number of sulfonamides is 1. The van der Waals surface area contributed by atoms with Gasteiger partial charge in [-0.15, -0.1) is 0 Å². The summed E-state index contributed by atoms with van der Waals surface area (Å²) < 4.78 is 34.9. The number of hydrogen-bond acceptors (Lipinski definition) is 6. The Balaban J connectivity index is 1.96. The number of carbonyl (C=O) groups excluding carboxylic acids is 2. The minimum Gasteiger partial charge on any atom is -0.465 e. The van der Waals surface area contributed by atoms with Crippen LogP contribution in [0.25, 0.3) is 0 Å². The molecule has 9 heteroatoms. The Bertz CT molecular complexity index is 752. The fourth-order valence-corrected chi connectivity index (χ4v) is 3.74. The van der Waals surface area contributed by atoms with E-state index in [0.717, 1.165) is 0 Å². The fraction of sp³-hybridized carbons (Fsp3) is 0.529. The molecule has 1 heterocycles. The van der Waals surface area contributed by atoms with Crippen molar-refractivity contribution >= 4 is 21.9 Å². The van der Waals surface area contributed by atoms with Gasteiger partial charge in [0.15, 0.2) is 0 Å². The van der Waals surface area contributed by atoms with Gasteiger partial charge >= 0.3 is 5.97 Å². The van der Waals surface area contributed by atoms with Gasteiger partial charge in [0, 0.05) is 32.3 Å². The van der Waals surface area contributed by atoms with Gasteiger partial charge < -0.3 is 14.8 Å². The van der Waals surface area contributed by atoms with Crippen LogP contribution in [0.5, 0.6) is 0 Å². The molecule has 1 aliphatic heterocycles. The average Bonchev–Trinajstić information content (AvgIpc) is 2.65. The molecular weight excluding hydrogens is 360 g/mol. The minimum atomic E-state index is -3.22. The van der Waals surface area contributed by atoms with E-state index >= 15 is 0 Å². The summed E-state index contributed by atoms with van der Waals surface area (Å²) in [5.41, 5.74) is 0.186. The first-order chi connectivity index (χ1) is 12.2. The van der Waals surface area contributed by atoms with Gasteiger partial charge in [-0.05, 0) is 37.1 Å². The summed E-state index contributed by atoms with van der Waals surface area (Å²) in [5, 5.41) is 2.83. The Morgan fingerprint density at radius 3 is 2.12 bits per heavy atom. The Kier molecular flexibility index (Phi) is 6.38. The van der Waals surface area contributed by atoms with E-state index in [0.29, 0.717) is 37.1 Å². The molecular formula is C17H24N2O6S. The van der Waals surface area contributed by atoms with E-state index in [9.17, 15) is 18.0 Å². The molecule has 0 bridgehead atoms. The third kappa shape index (κ3) is 4.80. The zero-order chi connectivity index (χ0) is 19.4. The lowest BCUT2D eigenvalue weighted by Crippen LogP contribution is -2.53. The summed E-state index contributed by atoms with van der Waals surface area (Å²) in [4.78, 5) is 23.7. The SMILES string of the molecule is COC(=O)c1ccc(C(=O)NCC2(OC)CCN(S(C)(=O)=O)CC2)cc1. The van der Waals surface area contributed by atoms with Crippen molar-refractivity contribution in [3.63, 3.8) is 0 Å². The molecule has 0 saturated carbocycles. The minimum absolute atomic E-state index is 0.276. The largest absolute Gasteiger partial charge is 0.465 e. The van der Waals surface area contributed by atoms with Crippen LogP contribution in [0.1, 0.15) is 33.6 Å². The fourth-order valence-electron chi connectivity index (χ4n) is 2.90. The summed E-state index contributed by atoms with van der Waals surface area (Å²) in [6.45, 7) is 0.991. The number of rotatable bonds is 6. The van der Waals surface area contributed by atoms with E-state index in [2.05, 4.69) is 10.1 Å². The van der Waals surface area contributed by atoms with Crippen LogP contribution in [0.15, 0.2) is 24.3 Å². The van der Waals surface area contributed by atoms with Crippen molar-refractivity contribution in [3.05, 3.63) is 35.4 Å². The van der Waals surface area contributed by atoms with Crippen LogP contribution in [0.2, 0.25) is 0 Å². The van der Waals surface area contributed by atoms with Gasteiger partial charge in [-0.1, -0.05) is 0 Å². The Labute approximate surface area is 153 Å². The third-order valence-electron chi connectivity index (χ3n) is 4.67. The molecule has 0 atom stereocenters. The number of esters is 1. The van der Waals surface area contributed by atoms with Gasteiger partial charge in [-0.3, -0.25) is 4.79 Å². The molecule has 0 aromatic heterocycles. The van der Waals surface area contributed by atoms with E-state index in [1.807, 2.05) is 0 Å². The van der Waals surface area contributed by atoms with Crippen LogP contribution in [0, 0.1) is 0 Å². The molecule has 1 aliphatic rings. The first-order valence-corrected chi connectivity index (χ1v) is 10.0. The maximum atomic E-state index is 12.3. The molecule has 0 aliphatic carbocycles. The van der Waals surface area contributed by atoms with Crippen molar-refractivity contribution in [2.24, 2.45) is 0 Å². The Morgan fingerprint density at radius 2 is 1.65 bits per heavy atom. The number of methoxy groups -OCH3 is 2. The van der Waals surface area contributed by atoms with Crippen LogP contribution < -0.4 is 5.32 Å². The van der Waals surface area contributed by atoms with Crippen molar-refractivity contribution in [2.45, 2.75) is 18.4 Å². The zero-order valence-electron chi connectivity index (χ0n) is 15.1. The second-order valence-electron chi connectivity index (χ2n) is 6.30. The van der Waals surface area contributed by atoms with Gasteiger partial charge in [-0.25, -0.2) is 17.5 Å². The third-order valence-corrected chi connectivity index (χ3v) is 5.98. The quantitative estimate of drug-likeness (QED) is 0.723. The lowest BCUT2D eigenvalue weighted by Gasteiger charge is -2.39. The van der Waals surface area contributed by atoms with Crippen LogP contribution in [0.3, 0.4) is 0 Å². The number of piperidine rings is 1. The summed E-state index contributed by atoms with van der Waals surface area (Å²) in [6.07, 6.45) is 2.18.